The monoisotopic (exact) mass is 428 g/mol. The van der Waals surface area contributed by atoms with Crippen molar-refractivity contribution < 1.29 is 9.47 Å². The van der Waals surface area contributed by atoms with Crippen LogP contribution in [0.4, 0.5) is 17.5 Å². The summed E-state index contributed by atoms with van der Waals surface area (Å²) in [6, 6.07) is 8.41. The Labute approximate surface area is 183 Å². The fourth-order valence-electron chi connectivity index (χ4n) is 3.90. The van der Waals surface area contributed by atoms with Crippen LogP contribution < -0.4 is 20.1 Å². The highest BCUT2D eigenvalue weighted by Crippen LogP contribution is 2.45. The quantitative estimate of drug-likeness (QED) is 0.442. The van der Waals surface area contributed by atoms with Crippen molar-refractivity contribution >= 4 is 28.5 Å². The first-order chi connectivity index (χ1) is 15.7. The number of fused-ring (bicyclic) bond motifs is 2. The normalized spacial score (nSPS) is 14.9. The standard InChI is InChI=1S/C22H20N8O2/c1-30-16(6-7-25-30)14-4-5-15(19-18(14)31-8-9-32-19)27-22-28-20-17(12(10-23)11-24-20)21(29-22)26-13-2-3-13/h4-7,11,13H,2-3,8-9H2,1H3,(H3,24,26,27,28,29). The predicted molar refractivity (Wildman–Crippen MR) is 118 cm³/mol. The van der Waals surface area contributed by atoms with Gasteiger partial charge in [0.15, 0.2) is 11.5 Å². The third-order valence-corrected chi connectivity index (χ3v) is 5.60. The third kappa shape index (κ3) is 3.06. The maximum Gasteiger partial charge on any atom is 0.231 e. The number of ether oxygens (including phenoxy) is 2. The van der Waals surface area contributed by atoms with Gasteiger partial charge in [-0.2, -0.15) is 20.3 Å². The summed E-state index contributed by atoms with van der Waals surface area (Å²) in [6.07, 6.45) is 5.59. The highest BCUT2D eigenvalue weighted by molar-refractivity contribution is 5.94. The molecule has 3 N–H and O–H groups in total. The largest absolute Gasteiger partial charge is 0.485 e. The molecule has 0 radical (unpaired) electrons. The number of aromatic amines is 1. The summed E-state index contributed by atoms with van der Waals surface area (Å²) < 4.78 is 13.8. The molecule has 1 aliphatic heterocycles. The average Bonchev–Trinajstić information content (AvgIpc) is 3.36. The molecular formula is C22H20N8O2. The Bertz CT molecular complexity index is 1380. The molecule has 6 rings (SSSR count). The number of aryl methyl sites for hydroxylation is 1. The van der Waals surface area contributed by atoms with Gasteiger partial charge in [-0.3, -0.25) is 4.68 Å². The Balaban J connectivity index is 1.42. The number of nitriles is 1. The second-order valence-corrected chi connectivity index (χ2v) is 7.83. The second-order valence-electron chi connectivity index (χ2n) is 7.83. The van der Waals surface area contributed by atoms with E-state index in [0.717, 1.165) is 24.1 Å². The Hall–Kier alpha value is -4.26. The van der Waals surface area contributed by atoms with E-state index in [1.54, 1.807) is 17.1 Å². The molecule has 32 heavy (non-hydrogen) atoms. The van der Waals surface area contributed by atoms with Crippen molar-refractivity contribution in [2.75, 3.05) is 23.8 Å². The van der Waals surface area contributed by atoms with E-state index in [4.69, 9.17) is 9.47 Å². The number of rotatable bonds is 5. The highest BCUT2D eigenvalue weighted by atomic mass is 16.6. The number of hydrogen-bond donors (Lipinski definition) is 3. The zero-order chi connectivity index (χ0) is 21.7. The molecule has 2 aliphatic rings. The number of nitrogens with one attached hydrogen (secondary N) is 3. The summed E-state index contributed by atoms with van der Waals surface area (Å²) in [7, 11) is 1.89. The molecule has 0 unspecified atom stereocenters. The first-order valence-electron chi connectivity index (χ1n) is 10.4. The number of H-pyrrole nitrogens is 1. The van der Waals surface area contributed by atoms with Crippen molar-refractivity contribution in [1.82, 2.24) is 24.7 Å². The molecular weight excluding hydrogens is 408 g/mol. The van der Waals surface area contributed by atoms with Crippen LogP contribution in [-0.2, 0) is 7.05 Å². The summed E-state index contributed by atoms with van der Waals surface area (Å²) in [5.74, 6) is 2.32. The molecule has 160 valence electrons. The van der Waals surface area contributed by atoms with E-state index in [2.05, 4.69) is 36.8 Å². The summed E-state index contributed by atoms with van der Waals surface area (Å²) in [4.78, 5) is 12.3. The van der Waals surface area contributed by atoms with Gasteiger partial charge >= 0.3 is 0 Å². The van der Waals surface area contributed by atoms with Gasteiger partial charge in [0.2, 0.25) is 5.95 Å². The zero-order valence-corrected chi connectivity index (χ0v) is 17.3. The lowest BCUT2D eigenvalue weighted by molar-refractivity contribution is 0.173. The van der Waals surface area contributed by atoms with Crippen LogP contribution in [0.15, 0.2) is 30.6 Å². The maximum absolute atomic E-state index is 9.45. The minimum Gasteiger partial charge on any atom is -0.485 e. The predicted octanol–water partition coefficient (Wildman–Crippen LogP) is 3.32. The molecule has 3 aromatic heterocycles. The Kier molecular flexibility index (Phi) is 4.14. The van der Waals surface area contributed by atoms with E-state index in [-0.39, 0.29) is 0 Å². The Morgan fingerprint density at radius 2 is 2.00 bits per heavy atom. The summed E-state index contributed by atoms with van der Waals surface area (Å²) in [5, 5.41) is 21.1. The van der Waals surface area contributed by atoms with Crippen LogP contribution in [0.2, 0.25) is 0 Å². The van der Waals surface area contributed by atoms with Crippen LogP contribution >= 0.6 is 0 Å². The fourth-order valence-corrected chi connectivity index (χ4v) is 3.90. The number of hydrogen-bond acceptors (Lipinski definition) is 8. The van der Waals surface area contributed by atoms with Crippen molar-refractivity contribution in [3.63, 3.8) is 0 Å². The fraction of sp³-hybridized carbons (Fsp3) is 0.273. The van der Waals surface area contributed by atoms with Gasteiger partial charge in [0, 0.05) is 31.0 Å². The molecule has 1 fully saturated rings. The smallest absolute Gasteiger partial charge is 0.231 e. The van der Waals surface area contributed by atoms with Crippen molar-refractivity contribution in [2.45, 2.75) is 18.9 Å². The van der Waals surface area contributed by atoms with Gasteiger partial charge in [-0.1, -0.05) is 0 Å². The highest BCUT2D eigenvalue weighted by Gasteiger charge is 2.26. The lowest BCUT2D eigenvalue weighted by Crippen LogP contribution is -2.17. The van der Waals surface area contributed by atoms with E-state index >= 15 is 0 Å². The van der Waals surface area contributed by atoms with E-state index in [1.165, 1.54) is 0 Å². The topological polar surface area (TPSA) is 126 Å². The molecule has 4 aromatic rings. The molecule has 4 heterocycles. The number of aromatic nitrogens is 5. The molecule has 0 bridgehead atoms. The van der Waals surface area contributed by atoms with Crippen LogP contribution in [0, 0.1) is 11.3 Å². The number of nitrogens with zero attached hydrogens (tertiary/aromatic N) is 5. The zero-order valence-electron chi connectivity index (χ0n) is 17.3. The van der Waals surface area contributed by atoms with E-state index in [9.17, 15) is 5.26 Å². The third-order valence-electron chi connectivity index (χ3n) is 5.60. The van der Waals surface area contributed by atoms with Crippen LogP contribution in [0.3, 0.4) is 0 Å². The number of anilines is 3. The van der Waals surface area contributed by atoms with Gasteiger partial charge in [-0.15, -0.1) is 0 Å². The molecule has 1 aliphatic carbocycles. The average molecular weight is 428 g/mol. The molecule has 10 nitrogen and oxygen atoms in total. The minimum absolute atomic E-state index is 0.380. The van der Waals surface area contributed by atoms with Gasteiger partial charge in [-0.05, 0) is 31.0 Å². The van der Waals surface area contributed by atoms with Gasteiger partial charge in [-0.25, -0.2) is 0 Å². The molecule has 1 aromatic carbocycles. The van der Waals surface area contributed by atoms with E-state index in [1.807, 2.05) is 25.2 Å². The number of benzene rings is 1. The van der Waals surface area contributed by atoms with Gasteiger partial charge in [0.1, 0.15) is 30.7 Å². The molecule has 0 saturated heterocycles. The first kappa shape index (κ1) is 18.5. The van der Waals surface area contributed by atoms with E-state index < -0.39 is 0 Å². The summed E-state index contributed by atoms with van der Waals surface area (Å²) in [5.41, 5.74) is 3.65. The summed E-state index contributed by atoms with van der Waals surface area (Å²) >= 11 is 0. The molecule has 10 heteroatoms. The van der Waals surface area contributed by atoms with Gasteiger partial charge < -0.3 is 25.1 Å². The lowest BCUT2D eigenvalue weighted by Gasteiger charge is -2.24. The van der Waals surface area contributed by atoms with Crippen LogP contribution in [0.1, 0.15) is 18.4 Å². The Morgan fingerprint density at radius 1 is 1.16 bits per heavy atom. The van der Waals surface area contributed by atoms with Crippen LogP contribution in [-0.4, -0.2) is 44.0 Å². The molecule has 0 atom stereocenters. The first-order valence-corrected chi connectivity index (χ1v) is 10.4. The summed E-state index contributed by atoms with van der Waals surface area (Å²) in [6.45, 7) is 0.922. The lowest BCUT2D eigenvalue weighted by atomic mass is 10.1. The minimum atomic E-state index is 0.380. The van der Waals surface area contributed by atoms with Crippen LogP contribution in [0.5, 0.6) is 11.5 Å². The van der Waals surface area contributed by atoms with Gasteiger partial charge in [0.05, 0.1) is 22.3 Å². The SMILES string of the molecule is Cn1nccc1-c1ccc(Nc2nc(NC3CC3)c3c(C#N)c[nH]c3n2)c2c1OCCO2. The van der Waals surface area contributed by atoms with Crippen molar-refractivity contribution in [2.24, 2.45) is 7.05 Å². The van der Waals surface area contributed by atoms with Crippen LogP contribution in [0.25, 0.3) is 22.3 Å². The molecule has 0 spiro atoms. The van der Waals surface area contributed by atoms with Crippen molar-refractivity contribution in [3.8, 4) is 28.8 Å². The Morgan fingerprint density at radius 3 is 2.75 bits per heavy atom. The molecule has 0 amide bonds. The van der Waals surface area contributed by atoms with Crippen molar-refractivity contribution in [3.05, 3.63) is 36.2 Å². The maximum atomic E-state index is 9.45. The van der Waals surface area contributed by atoms with Gasteiger partial charge in [0.25, 0.3) is 0 Å². The molecule has 1 saturated carbocycles. The van der Waals surface area contributed by atoms with Crippen molar-refractivity contribution in [1.29, 1.82) is 5.26 Å². The van der Waals surface area contributed by atoms with E-state index in [0.29, 0.717) is 64.8 Å². The second kappa shape index (κ2) is 7.16.